The Hall–Kier alpha value is 0.0900. The van der Waals surface area contributed by atoms with Gasteiger partial charge < -0.3 is 0 Å². The van der Waals surface area contributed by atoms with Gasteiger partial charge in [0, 0.05) is 5.33 Å². The van der Waals surface area contributed by atoms with E-state index in [1.165, 1.54) is 6.07 Å². The maximum atomic E-state index is 10.7. The Morgan fingerprint density at radius 3 is 2.23 bits per heavy atom. The summed E-state index contributed by atoms with van der Waals surface area (Å²) in [6.45, 7) is 0. The fourth-order valence-electron chi connectivity index (χ4n) is 0.866. The largest absolute Gasteiger partial charge is 0.294 e. The quantitative estimate of drug-likeness (QED) is 0.668. The fraction of sp³-hybridized carbons (Fsp3) is 0.143. The topological polar surface area (TPSA) is 54.4 Å². The third-order valence-corrected chi connectivity index (χ3v) is 2.95. The van der Waals surface area contributed by atoms with Crippen molar-refractivity contribution >= 4 is 43.0 Å². The maximum absolute atomic E-state index is 10.7. The second-order valence-corrected chi connectivity index (χ2v) is 4.17. The standard InChI is InChI=1S/C7H7BrO3S.BrH/c8-5-6-3-1-2-4-7(6)12(9,10)11;/h1-4H,5H2,(H,9,10,11);1H. The first kappa shape index (κ1) is 13.1. The van der Waals surface area contributed by atoms with Crippen LogP contribution in [0, 0.1) is 0 Å². The lowest BCUT2D eigenvalue weighted by Crippen LogP contribution is -2.01. The van der Waals surface area contributed by atoms with Crippen molar-refractivity contribution in [2.45, 2.75) is 10.2 Å². The first-order valence-corrected chi connectivity index (χ1v) is 5.73. The summed E-state index contributed by atoms with van der Waals surface area (Å²) < 4.78 is 30.2. The smallest absolute Gasteiger partial charge is 0.282 e. The third kappa shape index (κ3) is 3.38. The molecule has 0 aliphatic rings. The third-order valence-electron chi connectivity index (χ3n) is 1.39. The molecule has 0 aromatic heterocycles. The van der Waals surface area contributed by atoms with Gasteiger partial charge in [0.15, 0.2) is 0 Å². The maximum Gasteiger partial charge on any atom is 0.294 e. The second kappa shape index (κ2) is 5.09. The Bertz CT molecular complexity index is 375. The average Bonchev–Trinajstić information content (AvgIpc) is 2.03. The highest BCUT2D eigenvalue weighted by atomic mass is 79.9. The highest BCUT2D eigenvalue weighted by Crippen LogP contribution is 2.17. The van der Waals surface area contributed by atoms with Gasteiger partial charge in [-0.3, -0.25) is 4.55 Å². The molecule has 0 aliphatic carbocycles. The van der Waals surface area contributed by atoms with Gasteiger partial charge in [-0.1, -0.05) is 34.1 Å². The number of benzene rings is 1. The molecule has 6 heteroatoms. The molecule has 13 heavy (non-hydrogen) atoms. The van der Waals surface area contributed by atoms with Gasteiger partial charge >= 0.3 is 0 Å². The summed E-state index contributed by atoms with van der Waals surface area (Å²) in [5.74, 6) is 0. The number of hydrogen-bond donors (Lipinski definition) is 1. The summed E-state index contributed by atoms with van der Waals surface area (Å²) in [5, 5.41) is 0.406. The zero-order valence-electron chi connectivity index (χ0n) is 6.47. The Labute approximate surface area is 95.8 Å². The molecule has 0 heterocycles. The molecule has 0 saturated heterocycles. The summed E-state index contributed by atoms with van der Waals surface area (Å²) in [4.78, 5) is -0.0399. The van der Waals surface area contributed by atoms with Crippen molar-refractivity contribution in [3.63, 3.8) is 0 Å². The van der Waals surface area contributed by atoms with Crippen molar-refractivity contribution in [2.75, 3.05) is 0 Å². The van der Waals surface area contributed by atoms with E-state index < -0.39 is 10.1 Å². The fourth-order valence-corrected chi connectivity index (χ4v) is 2.26. The van der Waals surface area contributed by atoms with Crippen LogP contribution in [0.4, 0.5) is 0 Å². The molecule has 0 atom stereocenters. The summed E-state index contributed by atoms with van der Waals surface area (Å²) >= 11 is 3.13. The van der Waals surface area contributed by atoms with Crippen LogP contribution in [0.1, 0.15) is 5.56 Å². The van der Waals surface area contributed by atoms with Gasteiger partial charge in [-0.25, -0.2) is 0 Å². The minimum absolute atomic E-state index is 0. The molecule has 0 unspecified atom stereocenters. The van der Waals surface area contributed by atoms with Crippen molar-refractivity contribution in [1.82, 2.24) is 0 Å². The predicted molar refractivity (Wildman–Crippen MR) is 59.2 cm³/mol. The monoisotopic (exact) mass is 330 g/mol. The van der Waals surface area contributed by atoms with Crippen LogP contribution in [0.2, 0.25) is 0 Å². The van der Waals surface area contributed by atoms with Crippen LogP contribution in [-0.4, -0.2) is 13.0 Å². The molecule has 0 saturated carbocycles. The molecule has 0 amide bonds. The molecular weight excluding hydrogens is 324 g/mol. The van der Waals surface area contributed by atoms with Crippen LogP contribution in [0.3, 0.4) is 0 Å². The zero-order valence-corrected chi connectivity index (χ0v) is 10.6. The van der Waals surface area contributed by atoms with E-state index in [9.17, 15) is 8.42 Å². The molecule has 0 fully saturated rings. The van der Waals surface area contributed by atoms with Gasteiger partial charge in [0.2, 0.25) is 0 Å². The molecule has 0 spiro atoms. The Morgan fingerprint density at radius 2 is 1.85 bits per heavy atom. The number of alkyl halides is 1. The van der Waals surface area contributed by atoms with E-state index in [2.05, 4.69) is 15.9 Å². The molecule has 74 valence electrons. The number of hydrogen-bond acceptors (Lipinski definition) is 2. The first-order valence-electron chi connectivity index (χ1n) is 3.17. The van der Waals surface area contributed by atoms with Gasteiger partial charge in [0.25, 0.3) is 10.1 Å². The van der Waals surface area contributed by atoms with E-state index in [0.717, 1.165) is 0 Å². The van der Waals surface area contributed by atoms with E-state index >= 15 is 0 Å². The highest BCUT2D eigenvalue weighted by molar-refractivity contribution is 9.08. The van der Waals surface area contributed by atoms with Gasteiger partial charge in [0.1, 0.15) is 0 Å². The van der Waals surface area contributed by atoms with Crippen LogP contribution >= 0.6 is 32.9 Å². The average molecular weight is 332 g/mol. The molecule has 1 N–H and O–H groups in total. The Morgan fingerprint density at radius 1 is 1.31 bits per heavy atom. The summed E-state index contributed by atoms with van der Waals surface area (Å²) in [7, 11) is -4.08. The van der Waals surface area contributed by atoms with Gasteiger partial charge in [0.05, 0.1) is 4.90 Å². The van der Waals surface area contributed by atoms with E-state index in [-0.39, 0.29) is 21.9 Å². The summed E-state index contributed by atoms with van der Waals surface area (Å²) in [6, 6.07) is 6.28. The molecule has 0 aliphatic heterocycles. The normalized spacial score (nSPS) is 10.6. The van der Waals surface area contributed by atoms with Gasteiger partial charge in [-0.05, 0) is 11.6 Å². The SMILES string of the molecule is Br.O=S(=O)(O)c1ccccc1CBr. The summed E-state index contributed by atoms with van der Waals surface area (Å²) in [5.41, 5.74) is 0.556. The van der Waals surface area contributed by atoms with Crippen LogP contribution < -0.4 is 0 Å². The lowest BCUT2D eigenvalue weighted by molar-refractivity contribution is 0.482. The lowest BCUT2D eigenvalue weighted by atomic mass is 10.2. The van der Waals surface area contributed by atoms with Crippen LogP contribution in [-0.2, 0) is 15.4 Å². The minimum Gasteiger partial charge on any atom is -0.282 e. The van der Waals surface area contributed by atoms with Crippen molar-refractivity contribution in [2.24, 2.45) is 0 Å². The highest BCUT2D eigenvalue weighted by Gasteiger charge is 2.12. The molecule has 0 radical (unpaired) electrons. The number of rotatable bonds is 2. The van der Waals surface area contributed by atoms with E-state index in [1.54, 1.807) is 18.2 Å². The first-order chi connectivity index (χ1) is 5.55. The van der Waals surface area contributed by atoms with Crippen molar-refractivity contribution in [3.8, 4) is 0 Å². The molecule has 1 rings (SSSR count). The Balaban J connectivity index is 0.00000144. The van der Waals surface area contributed by atoms with E-state index in [4.69, 9.17) is 4.55 Å². The molecule has 0 bridgehead atoms. The van der Waals surface area contributed by atoms with E-state index in [1.807, 2.05) is 0 Å². The van der Waals surface area contributed by atoms with Crippen molar-refractivity contribution in [1.29, 1.82) is 0 Å². The lowest BCUT2D eigenvalue weighted by Gasteiger charge is -2.01. The molecular formula is C7H8Br2O3S. The minimum atomic E-state index is -4.08. The number of halogens is 2. The van der Waals surface area contributed by atoms with Gasteiger partial charge in [-0.2, -0.15) is 8.42 Å². The van der Waals surface area contributed by atoms with Crippen LogP contribution in [0.15, 0.2) is 29.2 Å². The molecule has 1 aromatic carbocycles. The van der Waals surface area contributed by atoms with Crippen LogP contribution in [0.5, 0.6) is 0 Å². The molecule has 1 aromatic rings. The molecule has 3 nitrogen and oxygen atoms in total. The Kier molecular flexibility index (Phi) is 5.13. The second-order valence-electron chi connectivity index (χ2n) is 2.22. The zero-order chi connectivity index (χ0) is 9.19. The van der Waals surface area contributed by atoms with E-state index in [0.29, 0.717) is 10.9 Å². The van der Waals surface area contributed by atoms with Crippen molar-refractivity contribution < 1.29 is 13.0 Å². The summed E-state index contributed by atoms with van der Waals surface area (Å²) in [6.07, 6.45) is 0. The van der Waals surface area contributed by atoms with Crippen molar-refractivity contribution in [3.05, 3.63) is 29.8 Å². The van der Waals surface area contributed by atoms with Crippen LogP contribution in [0.25, 0.3) is 0 Å². The van der Waals surface area contributed by atoms with Gasteiger partial charge in [-0.15, -0.1) is 17.0 Å². The predicted octanol–water partition coefficient (Wildman–Crippen LogP) is 2.41.